The van der Waals surface area contributed by atoms with Crippen molar-refractivity contribution < 1.29 is 4.79 Å². The molecular weight excluding hydrogens is 393 g/mol. The molecular formula is C22H21Cl2N3O. The number of halogens is 2. The lowest BCUT2D eigenvalue weighted by Gasteiger charge is -2.06. The minimum atomic E-state index is -0.242. The largest absolute Gasteiger partial charge is 0.306 e. The van der Waals surface area contributed by atoms with Crippen LogP contribution >= 0.6 is 23.2 Å². The number of nitrogens with zero attached hydrogens (tertiary/aromatic N) is 2. The number of carbonyl (C=O) groups is 1. The molecule has 6 heteroatoms. The van der Waals surface area contributed by atoms with Crippen LogP contribution in [0.3, 0.4) is 0 Å². The number of aromatic nitrogens is 2. The lowest BCUT2D eigenvalue weighted by atomic mass is 10.0. The van der Waals surface area contributed by atoms with Gasteiger partial charge in [-0.3, -0.25) is 9.48 Å². The van der Waals surface area contributed by atoms with Crippen LogP contribution in [0.2, 0.25) is 10.0 Å². The summed E-state index contributed by atoms with van der Waals surface area (Å²) in [6, 6.07) is 15.2. The molecule has 4 nitrogen and oxygen atoms in total. The Hall–Kier alpha value is -2.56. The van der Waals surface area contributed by atoms with Crippen molar-refractivity contribution in [3.05, 3.63) is 87.5 Å². The smallest absolute Gasteiger partial charge is 0.249 e. The zero-order valence-electron chi connectivity index (χ0n) is 15.7. The van der Waals surface area contributed by atoms with Crippen LogP contribution < -0.4 is 5.32 Å². The molecule has 0 spiro atoms. The third kappa shape index (κ3) is 5.24. The van der Waals surface area contributed by atoms with Crippen LogP contribution in [-0.4, -0.2) is 15.7 Å². The molecule has 1 amide bonds. The maximum Gasteiger partial charge on any atom is 0.249 e. The van der Waals surface area contributed by atoms with Gasteiger partial charge in [-0.1, -0.05) is 67.4 Å². The highest BCUT2D eigenvalue weighted by Crippen LogP contribution is 2.25. The van der Waals surface area contributed by atoms with Gasteiger partial charge in [0, 0.05) is 33.9 Å². The number of amides is 1. The van der Waals surface area contributed by atoms with Crippen molar-refractivity contribution in [2.24, 2.45) is 0 Å². The Labute approximate surface area is 174 Å². The second-order valence-electron chi connectivity index (χ2n) is 6.74. The number of carbonyl (C=O) groups excluding carboxylic acids is 1. The van der Waals surface area contributed by atoms with Crippen LogP contribution in [0.4, 0.5) is 5.82 Å². The summed E-state index contributed by atoms with van der Waals surface area (Å²) in [5, 5.41) is 8.27. The molecule has 1 aromatic heterocycles. The van der Waals surface area contributed by atoms with Crippen molar-refractivity contribution in [2.45, 2.75) is 26.3 Å². The molecule has 1 heterocycles. The van der Waals surface area contributed by atoms with Crippen LogP contribution in [0.5, 0.6) is 0 Å². The van der Waals surface area contributed by atoms with E-state index >= 15 is 0 Å². The Kier molecular flexibility index (Phi) is 6.55. The van der Waals surface area contributed by atoms with Gasteiger partial charge in [-0.05, 0) is 35.3 Å². The lowest BCUT2D eigenvalue weighted by Crippen LogP contribution is -2.09. The minimum absolute atomic E-state index is 0.242. The van der Waals surface area contributed by atoms with Gasteiger partial charge >= 0.3 is 0 Å². The van der Waals surface area contributed by atoms with Crippen LogP contribution in [0.1, 0.15) is 36.5 Å². The molecule has 3 rings (SSSR count). The molecule has 2 aromatic carbocycles. The molecule has 0 aliphatic rings. The van der Waals surface area contributed by atoms with Crippen molar-refractivity contribution in [3.63, 3.8) is 0 Å². The molecule has 0 unspecified atom stereocenters. The van der Waals surface area contributed by atoms with Gasteiger partial charge in [0.05, 0.1) is 6.54 Å². The number of anilines is 1. The van der Waals surface area contributed by atoms with Gasteiger partial charge in [0.2, 0.25) is 5.91 Å². The predicted molar refractivity (Wildman–Crippen MR) is 116 cm³/mol. The van der Waals surface area contributed by atoms with E-state index in [1.165, 1.54) is 11.6 Å². The summed E-state index contributed by atoms with van der Waals surface area (Å²) in [7, 11) is 0. The Bertz CT molecular complexity index is 971. The fourth-order valence-electron chi connectivity index (χ4n) is 2.69. The SMILES string of the molecule is CC(C)c1ccc(/C=C/C(=O)Nc2ccn(Cc3c(Cl)cccc3Cl)n2)cc1. The first kappa shape index (κ1) is 20.2. The molecule has 144 valence electrons. The lowest BCUT2D eigenvalue weighted by molar-refractivity contribution is -0.111. The van der Waals surface area contributed by atoms with E-state index in [2.05, 4.69) is 36.4 Å². The van der Waals surface area contributed by atoms with Crippen LogP contribution in [0.25, 0.3) is 6.08 Å². The second-order valence-corrected chi connectivity index (χ2v) is 7.56. The van der Waals surface area contributed by atoms with Crippen molar-refractivity contribution in [1.82, 2.24) is 9.78 Å². The second kappa shape index (κ2) is 9.09. The maximum atomic E-state index is 12.1. The number of rotatable bonds is 6. The first-order valence-corrected chi connectivity index (χ1v) is 9.73. The Morgan fingerprint density at radius 1 is 1.11 bits per heavy atom. The standard InChI is InChI=1S/C22H21Cl2N3O/c1-15(2)17-9-6-16(7-10-17)8-11-22(28)25-21-12-13-27(26-21)14-18-19(23)4-3-5-20(18)24/h3-13,15H,14H2,1-2H3,(H,25,26,28)/b11-8+. The van der Waals surface area contributed by atoms with E-state index in [-0.39, 0.29) is 5.91 Å². The van der Waals surface area contributed by atoms with E-state index in [9.17, 15) is 4.79 Å². The van der Waals surface area contributed by atoms with Crippen LogP contribution in [0.15, 0.2) is 60.8 Å². The van der Waals surface area contributed by atoms with E-state index < -0.39 is 0 Å². The van der Waals surface area contributed by atoms with E-state index in [1.807, 2.05) is 12.1 Å². The van der Waals surface area contributed by atoms with Crippen molar-refractivity contribution in [3.8, 4) is 0 Å². The maximum absolute atomic E-state index is 12.1. The topological polar surface area (TPSA) is 46.9 Å². The molecule has 0 aliphatic carbocycles. The monoisotopic (exact) mass is 413 g/mol. The van der Waals surface area contributed by atoms with Gasteiger partial charge in [0.15, 0.2) is 5.82 Å². The van der Waals surface area contributed by atoms with Crippen LogP contribution in [0, 0.1) is 0 Å². The summed E-state index contributed by atoms with van der Waals surface area (Å²) in [6.45, 7) is 4.72. The molecule has 1 N–H and O–H groups in total. The predicted octanol–water partition coefficient (Wildman–Crippen LogP) is 6.01. The number of benzene rings is 2. The normalized spacial score (nSPS) is 11.3. The Balaban J connectivity index is 1.60. The Morgan fingerprint density at radius 2 is 1.79 bits per heavy atom. The van der Waals surface area contributed by atoms with Gasteiger partial charge in [-0.25, -0.2) is 0 Å². The van der Waals surface area contributed by atoms with Crippen molar-refractivity contribution in [2.75, 3.05) is 5.32 Å². The van der Waals surface area contributed by atoms with Gasteiger partial charge in [-0.2, -0.15) is 5.10 Å². The number of hydrogen-bond donors (Lipinski definition) is 1. The molecule has 0 atom stereocenters. The molecule has 3 aromatic rings. The van der Waals surface area contributed by atoms with Gasteiger partial charge in [0.1, 0.15) is 0 Å². The summed E-state index contributed by atoms with van der Waals surface area (Å²) in [6.07, 6.45) is 5.04. The zero-order chi connectivity index (χ0) is 20.1. The highest BCUT2D eigenvalue weighted by molar-refractivity contribution is 6.35. The van der Waals surface area contributed by atoms with E-state index in [1.54, 1.807) is 41.2 Å². The molecule has 0 fully saturated rings. The van der Waals surface area contributed by atoms with Crippen molar-refractivity contribution in [1.29, 1.82) is 0 Å². The summed E-state index contributed by atoms with van der Waals surface area (Å²) >= 11 is 12.4. The summed E-state index contributed by atoms with van der Waals surface area (Å²) in [5.41, 5.74) is 3.03. The van der Waals surface area contributed by atoms with Gasteiger partial charge in [0.25, 0.3) is 0 Å². The van der Waals surface area contributed by atoms with E-state index in [0.29, 0.717) is 28.3 Å². The minimum Gasteiger partial charge on any atom is -0.306 e. The highest BCUT2D eigenvalue weighted by Gasteiger charge is 2.08. The van der Waals surface area contributed by atoms with Crippen molar-refractivity contribution >= 4 is 41.0 Å². The molecule has 0 radical (unpaired) electrons. The molecule has 0 aliphatic heterocycles. The highest BCUT2D eigenvalue weighted by atomic mass is 35.5. The average molecular weight is 414 g/mol. The first-order chi connectivity index (χ1) is 13.4. The van der Waals surface area contributed by atoms with Gasteiger partial charge in [-0.15, -0.1) is 0 Å². The summed E-state index contributed by atoms with van der Waals surface area (Å²) < 4.78 is 1.68. The molecule has 0 bridgehead atoms. The quantitative estimate of drug-likeness (QED) is 0.502. The Morgan fingerprint density at radius 3 is 2.43 bits per heavy atom. The summed E-state index contributed by atoms with van der Waals surface area (Å²) in [4.78, 5) is 12.1. The first-order valence-electron chi connectivity index (χ1n) is 8.98. The zero-order valence-corrected chi connectivity index (χ0v) is 17.2. The number of hydrogen-bond acceptors (Lipinski definition) is 2. The number of nitrogens with one attached hydrogen (secondary N) is 1. The van der Waals surface area contributed by atoms with Crippen LogP contribution in [-0.2, 0) is 11.3 Å². The molecule has 0 saturated heterocycles. The van der Waals surface area contributed by atoms with E-state index in [4.69, 9.17) is 23.2 Å². The average Bonchev–Trinajstić information content (AvgIpc) is 3.10. The fraction of sp³-hybridized carbons (Fsp3) is 0.182. The molecule has 0 saturated carbocycles. The van der Waals surface area contributed by atoms with Gasteiger partial charge < -0.3 is 5.32 Å². The third-order valence-corrected chi connectivity index (χ3v) is 5.01. The molecule has 28 heavy (non-hydrogen) atoms. The fourth-order valence-corrected chi connectivity index (χ4v) is 3.21. The van der Waals surface area contributed by atoms with E-state index in [0.717, 1.165) is 11.1 Å². The third-order valence-electron chi connectivity index (χ3n) is 4.30. The summed E-state index contributed by atoms with van der Waals surface area (Å²) in [5.74, 6) is 0.707.